The zero-order chi connectivity index (χ0) is 12.8. The number of aliphatic hydroxyl groups excluding tert-OH is 1. The van der Waals surface area contributed by atoms with E-state index >= 15 is 0 Å². The van der Waals surface area contributed by atoms with Gasteiger partial charge in [-0.3, -0.25) is 4.98 Å². The molecular formula is C14H18N2O2. The molecule has 0 amide bonds. The van der Waals surface area contributed by atoms with Crippen LogP contribution in [0.1, 0.15) is 5.56 Å². The Bertz CT molecular complexity index is 497. The summed E-state index contributed by atoms with van der Waals surface area (Å²) in [5.41, 5.74) is 1.13. The van der Waals surface area contributed by atoms with Gasteiger partial charge in [-0.15, -0.1) is 0 Å². The summed E-state index contributed by atoms with van der Waals surface area (Å²) in [5.74, 6) is 0. The highest BCUT2D eigenvalue weighted by Crippen LogP contribution is 2.16. The molecule has 0 fully saturated rings. The van der Waals surface area contributed by atoms with Gasteiger partial charge in [-0.25, -0.2) is 0 Å². The number of fused-ring (bicyclic) bond motifs is 1. The van der Waals surface area contributed by atoms with Crippen molar-refractivity contribution < 1.29 is 9.84 Å². The summed E-state index contributed by atoms with van der Waals surface area (Å²) >= 11 is 0. The molecule has 2 rings (SSSR count). The first-order valence-corrected chi connectivity index (χ1v) is 6.00. The number of hydrogen-bond acceptors (Lipinski definition) is 4. The van der Waals surface area contributed by atoms with Gasteiger partial charge < -0.3 is 15.2 Å². The predicted molar refractivity (Wildman–Crippen MR) is 71.3 cm³/mol. The number of methoxy groups -OCH3 is 1. The summed E-state index contributed by atoms with van der Waals surface area (Å²) in [5, 5.41) is 14.8. The quantitative estimate of drug-likeness (QED) is 0.807. The summed E-state index contributed by atoms with van der Waals surface area (Å²) in [6, 6.07) is 8.10. The Labute approximate surface area is 107 Å². The van der Waals surface area contributed by atoms with Gasteiger partial charge in [0, 0.05) is 31.4 Å². The fraction of sp³-hybridized carbons (Fsp3) is 0.357. The van der Waals surface area contributed by atoms with Gasteiger partial charge in [-0.05, 0) is 10.9 Å². The Morgan fingerprint density at radius 1 is 1.33 bits per heavy atom. The van der Waals surface area contributed by atoms with Gasteiger partial charge in [0.15, 0.2) is 0 Å². The van der Waals surface area contributed by atoms with Crippen LogP contribution < -0.4 is 5.32 Å². The van der Waals surface area contributed by atoms with E-state index < -0.39 is 0 Å². The Kier molecular flexibility index (Phi) is 4.64. The molecule has 0 bridgehead atoms. The number of nitrogens with zero attached hydrogens (tertiary/aromatic N) is 1. The van der Waals surface area contributed by atoms with Crippen molar-refractivity contribution in [2.24, 2.45) is 0 Å². The van der Waals surface area contributed by atoms with E-state index in [4.69, 9.17) is 4.74 Å². The first kappa shape index (κ1) is 13.0. The van der Waals surface area contributed by atoms with Crippen molar-refractivity contribution in [2.75, 3.05) is 20.3 Å². The normalized spacial score (nSPS) is 12.8. The van der Waals surface area contributed by atoms with Crippen LogP contribution in [0.25, 0.3) is 10.8 Å². The molecule has 4 nitrogen and oxygen atoms in total. The standard InChI is InChI=1S/C14H18N2O2/c1-18-10-13(9-17)16-8-12-7-15-6-11-4-2-3-5-14(11)12/h2-7,13,16-17H,8-10H2,1H3. The molecule has 1 heterocycles. The van der Waals surface area contributed by atoms with Crippen molar-refractivity contribution in [3.63, 3.8) is 0 Å². The summed E-state index contributed by atoms with van der Waals surface area (Å²) in [4.78, 5) is 4.23. The maximum atomic E-state index is 9.19. The lowest BCUT2D eigenvalue weighted by molar-refractivity contribution is 0.128. The van der Waals surface area contributed by atoms with Crippen molar-refractivity contribution in [1.82, 2.24) is 10.3 Å². The molecule has 1 unspecified atom stereocenters. The van der Waals surface area contributed by atoms with E-state index in [1.165, 1.54) is 5.39 Å². The van der Waals surface area contributed by atoms with E-state index in [0.29, 0.717) is 13.2 Å². The van der Waals surface area contributed by atoms with Gasteiger partial charge in [0.05, 0.1) is 19.3 Å². The van der Waals surface area contributed by atoms with Crippen LogP contribution in [0, 0.1) is 0 Å². The molecule has 2 aromatic rings. The highest BCUT2D eigenvalue weighted by molar-refractivity contribution is 5.84. The molecule has 1 aromatic carbocycles. The van der Waals surface area contributed by atoms with Crippen LogP contribution in [0.3, 0.4) is 0 Å². The first-order chi connectivity index (χ1) is 8.85. The van der Waals surface area contributed by atoms with Crippen LogP contribution in [0.4, 0.5) is 0 Å². The number of pyridine rings is 1. The van der Waals surface area contributed by atoms with E-state index in [1.807, 2.05) is 30.6 Å². The maximum absolute atomic E-state index is 9.19. The second-order valence-corrected chi connectivity index (χ2v) is 4.24. The van der Waals surface area contributed by atoms with Crippen LogP contribution >= 0.6 is 0 Å². The van der Waals surface area contributed by atoms with E-state index in [0.717, 1.165) is 10.9 Å². The lowest BCUT2D eigenvalue weighted by atomic mass is 10.1. The minimum absolute atomic E-state index is 0.0473. The summed E-state index contributed by atoms with van der Waals surface area (Å²) < 4.78 is 5.03. The molecule has 0 aliphatic carbocycles. The fourth-order valence-electron chi connectivity index (χ4n) is 1.95. The Morgan fingerprint density at radius 3 is 2.94 bits per heavy atom. The summed E-state index contributed by atoms with van der Waals surface area (Å²) in [7, 11) is 1.63. The highest BCUT2D eigenvalue weighted by Gasteiger charge is 2.07. The number of benzene rings is 1. The molecule has 0 saturated heterocycles. The van der Waals surface area contributed by atoms with Crippen LogP contribution in [0.2, 0.25) is 0 Å². The molecule has 96 valence electrons. The lowest BCUT2D eigenvalue weighted by Crippen LogP contribution is -2.35. The van der Waals surface area contributed by atoms with Gasteiger partial charge >= 0.3 is 0 Å². The number of rotatable bonds is 6. The molecule has 0 radical (unpaired) electrons. The minimum Gasteiger partial charge on any atom is -0.395 e. The third-order valence-electron chi connectivity index (χ3n) is 2.92. The predicted octanol–water partition coefficient (Wildman–Crippen LogP) is 1.33. The average Bonchev–Trinajstić information content (AvgIpc) is 2.43. The smallest absolute Gasteiger partial charge is 0.0638 e. The summed E-state index contributed by atoms with van der Waals surface area (Å²) in [6.07, 6.45) is 3.72. The van der Waals surface area contributed by atoms with Crippen LogP contribution in [-0.2, 0) is 11.3 Å². The van der Waals surface area contributed by atoms with Crippen molar-refractivity contribution >= 4 is 10.8 Å². The van der Waals surface area contributed by atoms with Crippen molar-refractivity contribution in [3.05, 3.63) is 42.2 Å². The first-order valence-electron chi connectivity index (χ1n) is 6.00. The van der Waals surface area contributed by atoms with Crippen LogP contribution in [0.5, 0.6) is 0 Å². The van der Waals surface area contributed by atoms with E-state index in [1.54, 1.807) is 7.11 Å². The maximum Gasteiger partial charge on any atom is 0.0638 e. The second kappa shape index (κ2) is 6.44. The molecule has 4 heteroatoms. The zero-order valence-corrected chi connectivity index (χ0v) is 10.5. The number of aliphatic hydroxyl groups is 1. The fourth-order valence-corrected chi connectivity index (χ4v) is 1.95. The number of ether oxygens (including phenoxy) is 1. The lowest BCUT2D eigenvalue weighted by Gasteiger charge is -2.15. The van der Waals surface area contributed by atoms with Crippen LogP contribution in [-0.4, -0.2) is 36.5 Å². The van der Waals surface area contributed by atoms with Gasteiger partial charge in [-0.2, -0.15) is 0 Å². The third-order valence-corrected chi connectivity index (χ3v) is 2.92. The SMILES string of the molecule is COCC(CO)NCc1cncc2ccccc12. The van der Waals surface area contributed by atoms with E-state index in [-0.39, 0.29) is 12.6 Å². The Balaban J connectivity index is 2.11. The van der Waals surface area contributed by atoms with Gasteiger partial charge in [-0.1, -0.05) is 24.3 Å². The average molecular weight is 246 g/mol. The number of aromatic nitrogens is 1. The number of nitrogens with one attached hydrogen (secondary N) is 1. The topological polar surface area (TPSA) is 54.4 Å². The zero-order valence-electron chi connectivity index (χ0n) is 10.5. The third kappa shape index (κ3) is 3.04. The van der Waals surface area contributed by atoms with Crippen molar-refractivity contribution in [2.45, 2.75) is 12.6 Å². The highest BCUT2D eigenvalue weighted by atomic mass is 16.5. The van der Waals surface area contributed by atoms with Gasteiger partial charge in [0.25, 0.3) is 0 Å². The molecule has 0 aliphatic rings. The Morgan fingerprint density at radius 2 is 2.17 bits per heavy atom. The van der Waals surface area contributed by atoms with Crippen molar-refractivity contribution in [3.8, 4) is 0 Å². The molecule has 1 atom stereocenters. The van der Waals surface area contributed by atoms with E-state index in [2.05, 4.69) is 16.4 Å². The summed E-state index contributed by atoms with van der Waals surface area (Å²) in [6.45, 7) is 1.23. The molecule has 18 heavy (non-hydrogen) atoms. The molecule has 0 spiro atoms. The number of hydrogen-bond donors (Lipinski definition) is 2. The van der Waals surface area contributed by atoms with Gasteiger partial charge in [0.1, 0.15) is 0 Å². The molecule has 0 aliphatic heterocycles. The van der Waals surface area contributed by atoms with Crippen molar-refractivity contribution in [1.29, 1.82) is 0 Å². The molecular weight excluding hydrogens is 228 g/mol. The molecule has 1 aromatic heterocycles. The van der Waals surface area contributed by atoms with Gasteiger partial charge in [0.2, 0.25) is 0 Å². The molecule has 0 saturated carbocycles. The monoisotopic (exact) mass is 246 g/mol. The molecule has 2 N–H and O–H groups in total. The van der Waals surface area contributed by atoms with Crippen LogP contribution in [0.15, 0.2) is 36.7 Å². The Hall–Kier alpha value is -1.49. The second-order valence-electron chi connectivity index (χ2n) is 4.24. The minimum atomic E-state index is -0.0473. The van der Waals surface area contributed by atoms with E-state index in [9.17, 15) is 5.11 Å². The largest absolute Gasteiger partial charge is 0.395 e.